The number of anilines is 1. The van der Waals surface area contributed by atoms with E-state index in [1.165, 1.54) is 0 Å². The molecular formula is C10H12N2O3S. The van der Waals surface area contributed by atoms with Gasteiger partial charge in [0.2, 0.25) is 0 Å². The second kappa shape index (κ2) is 6.73. The summed E-state index contributed by atoms with van der Waals surface area (Å²) in [4.78, 5) is 21.4. The van der Waals surface area contributed by atoms with E-state index in [1.54, 1.807) is 0 Å². The zero-order valence-corrected chi connectivity index (χ0v) is 9.29. The van der Waals surface area contributed by atoms with Gasteiger partial charge >= 0.3 is 5.97 Å². The third-order valence-corrected chi connectivity index (χ3v) is 2.40. The van der Waals surface area contributed by atoms with Crippen molar-refractivity contribution >= 4 is 28.7 Å². The minimum absolute atomic E-state index is 0.0244. The summed E-state index contributed by atoms with van der Waals surface area (Å²) < 4.78 is 0. The van der Waals surface area contributed by atoms with E-state index in [-0.39, 0.29) is 17.4 Å². The number of para-hydroxylation sites is 1. The summed E-state index contributed by atoms with van der Waals surface area (Å²) >= 11 is 0.931. The lowest BCUT2D eigenvalue weighted by molar-refractivity contribution is -0.136. The molecule has 0 atom stereocenters. The molecule has 6 heteroatoms. The molecule has 0 bridgehead atoms. The highest BCUT2D eigenvalue weighted by Gasteiger charge is 2.03. The summed E-state index contributed by atoms with van der Waals surface area (Å²) in [5.41, 5.74) is 5.94. The summed E-state index contributed by atoms with van der Waals surface area (Å²) in [6.07, 6.45) is -0.0244. The highest BCUT2D eigenvalue weighted by Crippen LogP contribution is 2.06. The van der Waals surface area contributed by atoms with Crippen LogP contribution in [-0.4, -0.2) is 22.1 Å². The van der Waals surface area contributed by atoms with Gasteiger partial charge in [0.1, 0.15) is 0 Å². The molecule has 0 aliphatic rings. The van der Waals surface area contributed by atoms with E-state index in [0.717, 1.165) is 17.4 Å². The summed E-state index contributed by atoms with van der Waals surface area (Å²) in [5.74, 6) is -0.645. The molecule has 0 spiro atoms. The van der Waals surface area contributed by atoms with Crippen molar-refractivity contribution in [2.45, 2.75) is 6.42 Å². The van der Waals surface area contributed by atoms with Crippen molar-refractivity contribution in [1.82, 2.24) is 5.43 Å². The minimum Gasteiger partial charge on any atom is -0.481 e. The Kier molecular flexibility index (Phi) is 5.21. The fourth-order valence-corrected chi connectivity index (χ4v) is 1.50. The molecule has 16 heavy (non-hydrogen) atoms. The highest BCUT2D eigenvalue weighted by atomic mass is 32.2. The van der Waals surface area contributed by atoms with Gasteiger partial charge in [0.25, 0.3) is 5.24 Å². The number of nitrogens with one attached hydrogen (secondary N) is 2. The first-order chi connectivity index (χ1) is 7.68. The van der Waals surface area contributed by atoms with Gasteiger partial charge in [-0.1, -0.05) is 30.0 Å². The van der Waals surface area contributed by atoms with E-state index in [9.17, 15) is 9.59 Å². The molecule has 5 nitrogen and oxygen atoms in total. The second-order valence-corrected chi connectivity index (χ2v) is 3.96. The Morgan fingerprint density at radius 3 is 2.56 bits per heavy atom. The zero-order chi connectivity index (χ0) is 11.8. The molecule has 0 fully saturated rings. The Hall–Kier alpha value is -1.69. The topological polar surface area (TPSA) is 78.4 Å². The number of carbonyl (C=O) groups is 2. The van der Waals surface area contributed by atoms with Gasteiger partial charge in [-0.25, -0.2) is 0 Å². The van der Waals surface area contributed by atoms with Crippen LogP contribution in [0.1, 0.15) is 6.42 Å². The van der Waals surface area contributed by atoms with Crippen molar-refractivity contribution in [1.29, 1.82) is 0 Å². The summed E-state index contributed by atoms with van der Waals surface area (Å²) in [6, 6.07) is 9.16. The molecule has 0 unspecified atom stereocenters. The number of benzene rings is 1. The van der Waals surface area contributed by atoms with Crippen LogP contribution in [-0.2, 0) is 4.79 Å². The maximum absolute atomic E-state index is 11.2. The van der Waals surface area contributed by atoms with Gasteiger partial charge in [-0.15, -0.1) is 0 Å². The monoisotopic (exact) mass is 240 g/mol. The van der Waals surface area contributed by atoms with Crippen LogP contribution < -0.4 is 10.9 Å². The molecule has 1 aromatic carbocycles. The largest absolute Gasteiger partial charge is 0.481 e. The van der Waals surface area contributed by atoms with Crippen molar-refractivity contribution in [2.75, 3.05) is 11.2 Å². The Morgan fingerprint density at radius 1 is 1.25 bits per heavy atom. The van der Waals surface area contributed by atoms with E-state index >= 15 is 0 Å². The van der Waals surface area contributed by atoms with E-state index in [2.05, 4.69) is 10.9 Å². The molecule has 0 saturated carbocycles. The molecule has 1 rings (SSSR count). The molecule has 0 saturated heterocycles. The Morgan fingerprint density at radius 2 is 1.94 bits per heavy atom. The first-order valence-corrected chi connectivity index (χ1v) is 5.62. The SMILES string of the molecule is O=C(O)CCSC(=O)NNc1ccccc1. The van der Waals surface area contributed by atoms with Crippen molar-refractivity contribution < 1.29 is 14.7 Å². The fourth-order valence-electron chi connectivity index (χ4n) is 0.912. The number of carbonyl (C=O) groups excluding carboxylic acids is 1. The van der Waals surface area contributed by atoms with Gasteiger partial charge in [-0.2, -0.15) is 0 Å². The average molecular weight is 240 g/mol. The van der Waals surface area contributed by atoms with Gasteiger partial charge in [-0.05, 0) is 12.1 Å². The average Bonchev–Trinajstić information content (AvgIpc) is 2.27. The molecule has 0 heterocycles. The summed E-state index contributed by atoms with van der Waals surface area (Å²) in [6.45, 7) is 0. The van der Waals surface area contributed by atoms with Gasteiger partial charge in [-0.3, -0.25) is 20.4 Å². The van der Waals surface area contributed by atoms with Crippen LogP contribution >= 0.6 is 11.8 Å². The van der Waals surface area contributed by atoms with Crippen molar-refractivity contribution in [3.63, 3.8) is 0 Å². The Bertz CT molecular complexity index is 356. The van der Waals surface area contributed by atoms with Crippen LogP contribution in [0.3, 0.4) is 0 Å². The predicted molar refractivity (Wildman–Crippen MR) is 63.3 cm³/mol. The number of hydrazine groups is 1. The van der Waals surface area contributed by atoms with Gasteiger partial charge in [0.05, 0.1) is 12.1 Å². The van der Waals surface area contributed by atoms with E-state index in [1.807, 2.05) is 30.3 Å². The molecule has 3 N–H and O–H groups in total. The number of rotatable bonds is 5. The van der Waals surface area contributed by atoms with Gasteiger partial charge in [0, 0.05) is 5.75 Å². The van der Waals surface area contributed by atoms with Crippen LogP contribution in [0.5, 0.6) is 0 Å². The number of thioether (sulfide) groups is 1. The molecule has 0 aliphatic carbocycles. The first kappa shape index (κ1) is 12.4. The third kappa shape index (κ3) is 5.26. The molecule has 86 valence electrons. The predicted octanol–water partition coefficient (Wildman–Crippen LogP) is 1.93. The maximum atomic E-state index is 11.2. The summed E-state index contributed by atoms with van der Waals surface area (Å²) in [5, 5.41) is 8.07. The van der Waals surface area contributed by atoms with Crippen molar-refractivity contribution in [3.8, 4) is 0 Å². The Labute approximate surface area is 97.2 Å². The molecular weight excluding hydrogens is 228 g/mol. The lowest BCUT2D eigenvalue weighted by atomic mass is 10.3. The van der Waals surface area contributed by atoms with Crippen molar-refractivity contribution in [3.05, 3.63) is 30.3 Å². The zero-order valence-electron chi connectivity index (χ0n) is 8.47. The van der Waals surface area contributed by atoms with Crippen molar-refractivity contribution in [2.24, 2.45) is 0 Å². The molecule has 1 aromatic rings. The first-order valence-electron chi connectivity index (χ1n) is 4.64. The van der Waals surface area contributed by atoms with Gasteiger partial charge < -0.3 is 5.11 Å². The number of hydrogen-bond acceptors (Lipinski definition) is 4. The van der Waals surface area contributed by atoms with E-state index in [0.29, 0.717) is 0 Å². The second-order valence-electron chi connectivity index (χ2n) is 2.90. The molecule has 0 aromatic heterocycles. The standard InChI is InChI=1S/C10H12N2O3S/c13-9(14)6-7-16-10(15)12-11-8-4-2-1-3-5-8/h1-5,11H,6-7H2,(H,12,15)(H,13,14). The minimum atomic E-state index is -0.906. The highest BCUT2D eigenvalue weighted by molar-refractivity contribution is 8.13. The van der Waals surface area contributed by atoms with Gasteiger partial charge in [0.15, 0.2) is 0 Å². The van der Waals surface area contributed by atoms with Crippen LogP contribution in [0.15, 0.2) is 30.3 Å². The lowest BCUT2D eigenvalue weighted by Gasteiger charge is -2.06. The quantitative estimate of drug-likeness (QED) is 0.685. The van der Waals surface area contributed by atoms with Crippen LogP contribution in [0.25, 0.3) is 0 Å². The van der Waals surface area contributed by atoms with Crippen LogP contribution in [0, 0.1) is 0 Å². The Balaban J connectivity index is 2.18. The maximum Gasteiger partial charge on any atom is 0.304 e. The van der Waals surface area contributed by atoms with E-state index in [4.69, 9.17) is 5.11 Å². The molecule has 1 amide bonds. The van der Waals surface area contributed by atoms with Crippen LogP contribution in [0.2, 0.25) is 0 Å². The number of hydrogen-bond donors (Lipinski definition) is 3. The fraction of sp³-hybridized carbons (Fsp3) is 0.200. The van der Waals surface area contributed by atoms with E-state index < -0.39 is 5.97 Å². The molecule has 0 radical (unpaired) electrons. The molecule has 0 aliphatic heterocycles. The number of aliphatic carboxylic acids is 1. The third-order valence-electron chi connectivity index (χ3n) is 1.63. The smallest absolute Gasteiger partial charge is 0.304 e. The number of carboxylic acid groups (broad SMARTS) is 1. The number of carboxylic acids is 1. The number of amides is 1. The summed E-state index contributed by atoms with van der Waals surface area (Å²) in [7, 11) is 0. The normalized spacial score (nSPS) is 9.50. The lowest BCUT2D eigenvalue weighted by Crippen LogP contribution is -2.25. The van der Waals surface area contributed by atoms with Crippen LogP contribution in [0.4, 0.5) is 10.5 Å².